The molecular formula is C13H7ClN2O3. The monoisotopic (exact) mass is 274 g/mol. The number of fused-ring (bicyclic) bond motifs is 1. The van der Waals surface area contributed by atoms with Gasteiger partial charge in [0.25, 0.3) is 5.91 Å². The number of rotatable bonds is 1. The largest absolute Gasteiger partial charge is 0.422 e. The van der Waals surface area contributed by atoms with Crippen molar-refractivity contribution in [3.63, 3.8) is 0 Å². The van der Waals surface area contributed by atoms with Crippen LogP contribution >= 0.6 is 11.6 Å². The molecule has 0 aliphatic rings. The molecule has 0 aliphatic carbocycles. The Morgan fingerprint density at radius 1 is 1.32 bits per heavy atom. The molecule has 6 heteroatoms. The molecule has 0 aliphatic heterocycles. The smallest absolute Gasteiger partial charge is 0.349 e. The van der Waals surface area contributed by atoms with Gasteiger partial charge in [0.05, 0.1) is 17.4 Å². The third kappa shape index (κ3) is 2.04. The van der Waals surface area contributed by atoms with Crippen molar-refractivity contribution in [3.05, 3.63) is 63.7 Å². The van der Waals surface area contributed by atoms with Crippen molar-refractivity contribution in [1.82, 2.24) is 9.78 Å². The number of para-hydroxylation sites is 1. The summed E-state index contributed by atoms with van der Waals surface area (Å²) in [5.74, 6) is -0.577. The van der Waals surface area contributed by atoms with Crippen LogP contribution in [0.1, 0.15) is 10.4 Å². The van der Waals surface area contributed by atoms with Crippen molar-refractivity contribution < 1.29 is 9.21 Å². The highest BCUT2D eigenvalue weighted by atomic mass is 35.5. The molecule has 0 fully saturated rings. The fourth-order valence-electron chi connectivity index (χ4n) is 1.75. The van der Waals surface area contributed by atoms with Crippen molar-refractivity contribution in [2.24, 2.45) is 0 Å². The van der Waals surface area contributed by atoms with E-state index in [1.165, 1.54) is 18.5 Å². The van der Waals surface area contributed by atoms with E-state index >= 15 is 0 Å². The second-order valence-corrected chi connectivity index (χ2v) is 4.33. The van der Waals surface area contributed by atoms with Gasteiger partial charge in [-0.15, -0.1) is 0 Å². The first-order valence-electron chi connectivity index (χ1n) is 5.43. The molecule has 0 bridgehead atoms. The van der Waals surface area contributed by atoms with Gasteiger partial charge in [-0.05, 0) is 12.1 Å². The Kier molecular flexibility index (Phi) is 2.68. The molecule has 94 valence electrons. The van der Waals surface area contributed by atoms with E-state index in [0.29, 0.717) is 16.0 Å². The maximum atomic E-state index is 12.1. The minimum absolute atomic E-state index is 0.0848. The molecule has 2 heterocycles. The number of hydrogen-bond acceptors (Lipinski definition) is 4. The number of aromatic nitrogens is 2. The standard InChI is InChI=1S/C13H7ClN2O3/c14-9-6-15-16(7-9)12(17)10-5-8-3-1-2-4-11(8)19-13(10)18/h1-7H. The van der Waals surface area contributed by atoms with Crippen molar-refractivity contribution >= 4 is 28.5 Å². The van der Waals surface area contributed by atoms with Crippen LogP contribution in [-0.2, 0) is 0 Å². The normalized spacial score (nSPS) is 10.8. The zero-order valence-electron chi connectivity index (χ0n) is 9.54. The first kappa shape index (κ1) is 11.7. The molecule has 0 N–H and O–H groups in total. The lowest BCUT2D eigenvalue weighted by Crippen LogP contribution is -2.20. The Labute approximate surface area is 112 Å². The Morgan fingerprint density at radius 3 is 2.84 bits per heavy atom. The topological polar surface area (TPSA) is 65.1 Å². The molecule has 3 rings (SSSR count). The van der Waals surface area contributed by atoms with Gasteiger partial charge in [0.1, 0.15) is 11.1 Å². The Hall–Kier alpha value is -2.40. The van der Waals surface area contributed by atoms with E-state index in [9.17, 15) is 9.59 Å². The Balaban J connectivity index is 2.17. The number of nitrogens with zero attached hydrogens (tertiary/aromatic N) is 2. The van der Waals surface area contributed by atoms with Crippen molar-refractivity contribution in [2.45, 2.75) is 0 Å². The number of hydrogen-bond donors (Lipinski definition) is 0. The first-order valence-corrected chi connectivity index (χ1v) is 5.81. The van der Waals surface area contributed by atoms with Gasteiger partial charge in [-0.3, -0.25) is 4.79 Å². The highest BCUT2D eigenvalue weighted by Crippen LogP contribution is 2.13. The van der Waals surface area contributed by atoms with Crippen LogP contribution in [0.15, 0.2) is 51.9 Å². The van der Waals surface area contributed by atoms with E-state index in [1.807, 2.05) is 0 Å². The highest BCUT2D eigenvalue weighted by Gasteiger charge is 2.16. The Morgan fingerprint density at radius 2 is 2.11 bits per heavy atom. The molecule has 5 nitrogen and oxygen atoms in total. The molecule has 3 aromatic rings. The lowest BCUT2D eigenvalue weighted by atomic mass is 10.2. The molecule has 0 saturated carbocycles. The number of benzene rings is 1. The molecule has 0 spiro atoms. The van der Waals surface area contributed by atoms with E-state index in [0.717, 1.165) is 4.68 Å². The van der Waals surface area contributed by atoms with Crippen molar-refractivity contribution in [1.29, 1.82) is 0 Å². The van der Waals surface area contributed by atoms with Gasteiger partial charge in [0, 0.05) is 5.39 Å². The highest BCUT2D eigenvalue weighted by molar-refractivity contribution is 6.30. The molecule has 0 radical (unpaired) electrons. The molecule has 0 unspecified atom stereocenters. The van der Waals surface area contributed by atoms with Gasteiger partial charge in [0.2, 0.25) is 0 Å². The van der Waals surface area contributed by atoms with Crippen LogP contribution in [0.5, 0.6) is 0 Å². The van der Waals surface area contributed by atoms with E-state index in [1.54, 1.807) is 24.3 Å². The summed E-state index contributed by atoms with van der Waals surface area (Å²) in [7, 11) is 0. The molecule has 2 aromatic heterocycles. The number of halogens is 1. The van der Waals surface area contributed by atoms with Gasteiger partial charge in [-0.25, -0.2) is 9.48 Å². The van der Waals surface area contributed by atoms with E-state index < -0.39 is 11.5 Å². The predicted molar refractivity (Wildman–Crippen MR) is 69.4 cm³/mol. The maximum Gasteiger partial charge on any atom is 0.349 e. The molecular weight excluding hydrogens is 268 g/mol. The summed E-state index contributed by atoms with van der Waals surface area (Å²) in [6, 6.07) is 8.45. The van der Waals surface area contributed by atoms with Crippen LogP contribution in [0.2, 0.25) is 5.02 Å². The van der Waals surface area contributed by atoms with Crippen LogP contribution in [0.3, 0.4) is 0 Å². The van der Waals surface area contributed by atoms with Gasteiger partial charge in [0.15, 0.2) is 0 Å². The summed E-state index contributed by atoms with van der Waals surface area (Å²) < 4.78 is 6.10. The van der Waals surface area contributed by atoms with Crippen LogP contribution in [0.4, 0.5) is 0 Å². The Bertz CT molecular complexity index is 835. The zero-order valence-corrected chi connectivity index (χ0v) is 10.3. The summed E-state index contributed by atoms with van der Waals surface area (Å²) in [5.41, 5.74) is -0.351. The van der Waals surface area contributed by atoms with Gasteiger partial charge in [-0.1, -0.05) is 29.8 Å². The van der Waals surface area contributed by atoms with Gasteiger partial charge in [-0.2, -0.15) is 5.10 Å². The third-order valence-electron chi connectivity index (χ3n) is 2.63. The van der Waals surface area contributed by atoms with Crippen LogP contribution in [0, 0.1) is 0 Å². The predicted octanol–water partition coefficient (Wildman–Crippen LogP) is 2.33. The number of carbonyl (C=O) groups excluding carboxylic acids is 1. The van der Waals surface area contributed by atoms with Crippen LogP contribution in [0.25, 0.3) is 11.0 Å². The lowest BCUT2D eigenvalue weighted by Gasteiger charge is -2.01. The quantitative estimate of drug-likeness (QED) is 0.639. The van der Waals surface area contributed by atoms with Crippen molar-refractivity contribution in [3.8, 4) is 0 Å². The van der Waals surface area contributed by atoms with Gasteiger partial charge >= 0.3 is 5.63 Å². The average Bonchev–Trinajstić information content (AvgIpc) is 2.84. The maximum absolute atomic E-state index is 12.1. The summed E-state index contributed by atoms with van der Waals surface area (Å²) in [6.07, 6.45) is 2.65. The molecule has 19 heavy (non-hydrogen) atoms. The first-order chi connectivity index (χ1) is 9.15. The van der Waals surface area contributed by atoms with Crippen LogP contribution < -0.4 is 5.63 Å². The SMILES string of the molecule is O=C(c1cc2ccccc2oc1=O)n1cc(Cl)cn1. The third-order valence-corrected chi connectivity index (χ3v) is 2.83. The second-order valence-electron chi connectivity index (χ2n) is 3.89. The fraction of sp³-hybridized carbons (Fsp3) is 0. The summed E-state index contributed by atoms with van der Waals surface area (Å²) in [5, 5.41) is 4.76. The zero-order chi connectivity index (χ0) is 13.4. The molecule has 0 amide bonds. The minimum atomic E-state index is -0.699. The summed E-state index contributed by atoms with van der Waals surface area (Å²) >= 11 is 5.69. The summed E-state index contributed by atoms with van der Waals surface area (Å²) in [6.45, 7) is 0. The van der Waals surface area contributed by atoms with E-state index in [4.69, 9.17) is 16.0 Å². The van der Waals surface area contributed by atoms with Crippen molar-refractivity contribution in [2.75, 3.05) is 0 Å². The molecule has 0 saturated heterocycles. The fourth-order valence-corrected chi connectivity index (χ4v) is 1.88. The van der Waals surface area contributed by atoms with Crippen LogP contribution in [-0.4, -0.2) is 15.7 Å². The molecule has 0 atom stereocenters. The molecule has 1 aromatic carbocycles. The van der Waals surface area contributed by atoms with E-state index in [-0.39, 0.29) is 5.56 Å². The summed E-state index contributed by atoms with van der Waals surface area (Å²) in [4.78, 5) is 23.9. The number of carbonyl (C=O) groups is 1. The lowest BCUT2D eigenvalue weighted by molar-refractivity contribution is 0.0941. The minimum Gasteiger partial charge on any atom is -0.422 e. The second kappa shape index (κ2) is 4.37. The van der Waals surface area contributed by atoms with Gasteiger partial charge < -0.3 is 4.42 Å². The average molecular weight is 275 g/mol. The van der Waals surface area contributed by atoms with E-state index in [2.05, 4.69) is 5.10 Å².